The average molecular weight is 171 g/mol. The first kappa shape index (κ1) is 8.99. The summed E-state index contributed by atoms with van der Waals surface area (Å²) >= 11 is 0. The fourth-order valence-corrected chi connectivity index (χ4v) is 1.24. The van der Waals surface area contributed by atoms with Crippen LogP contribution >= 0.6 is 0 Å². The maximum absolute atomic E-state index is 10.9. The van der Waals surface area contributed by atoms with Gasteiger partial charge in [0.15, 0.2) is 0 Å². The van der Waals surface area contributed by atoms with Gasteiger partial charge in [0.25, 0.3) is 0 Å². The molecule has 0 saturated carbocycles. The molecule has 68 valence electrons. The molecule has 0 radical (unpaired) electrons. The Hall–Kier alpha value is -1.10. The van der Waals surface area contributed by atoms with Crippen LogP contribution < -0.4 is 16.4 Å². The maximum atomic E-state index is 10.9. The zero-order valence-corrected chi connectivity index (χ0v) is 6.96. The molecule has 1 rings (SSSR count). The van der Waals surface area contributed by atoms with Crippen molar-refractivity contribution in [1.29, 1.82) is 0 Å². The summed E-state index contributed by atoms with van der Waals surface area (Å²) in [4.78, 5) is 21.5. The van der Waals surface area contributed by atoms with Gasteiger partial charge in [-0.25, -0.2) is 0 Å². The zero-order chi connectivity index (χ0) is 9.14. The van der Waals surface area contributed by atoms with Crippen LogP contribution in [0.5, 0.6) is 0 Å². The van der Waals surface area contributed by atoms with Gasteiger partial charge >= 0.3 is 0 Å². The van der Waals surface area contributed by atoms with E-state index >= 15 is 0 Å². The van der Waals surface area contributed by atoms with Gasteiger partial charge in [0.05, 0.1) is 6.04 Å². The summed E-state index contributed by atoms with van der Waals surface area (Å²) in [5, 5.41) is 5.66. The molecule has 1 aliphatic rings. The Kier molecular flexibility index (Phi) is 2.65. The third-order valence-corrected chi connectivity index (χ3v) is 1.85. The van der Waals surface area contributed by atoms with E-state index < -0.39 is 0 Å². The topological polar surface area (TPSA) is 84.2 Å². The lowest BCUT2D eigenvalue weighted by atomic mass is 10.1. The summed E-state index contributed by atoms with van der Waals surface area (Å²) in [5.41, 5.74) is 5.01. The van der Waals surface area contributed by atoms with Crippen molar-refractivity contribution in [2.24, 2.45) is 5.73 Å². The van der Waals surface area contributed by atoms with Crippen LogP contribution in [0.3, 0.4) is 0 Å². The lowest BCUT2D eigenvalue weighted by Crippen LogP contribution is -2.57. The molecule has 5 heteroatoms. The standard InChI is InChI=1S/C7H13N3O2/c1-4-7(12)9-3-5(10-4)2-6(8)11/h4-5,10H,2-3H2,1H3,(H2,8,11)(H,9,12)/t4-,5?/m0/s1. The van der Waals surface area contributed by atoms with E-state index in [1.165, 1.54) is 0 Å². The average Bonchev–Trinajstić information content (AvgIpc) is 1.96. The molecule has 0 aromatic carbocycles. The van der Waals surface area contributed by atoms with Gasteiger partial charge < -0.3 is 16.4 Å². The van der Waals surface area contributed by atoms with Crippen molar-refractivity contribution in [3.05, 3.63) is 0 Å². The molecule has 12 heavy (non-hydrogen) atoms. The van der Waals surface area contributed by atoms with Crippen molar-refractivity contribution in [2.45, 2.75) is 25.4 Å². The highest BCUT2D eigenvalue weighted by Gasteiger charge is 2.24. The van der Waals surface area contributed by atoms with E-state index in [1.54, 1.807) is 6.92 Å². The van der Waals surface area contributed by atoms with E-state index in [-0.39, 0.29) is 30.3 Å². The molecule has 1 saturated heterocycles. The molecule has 0 aliphatic carbocycles. The molecule has 2 atom stereocenters. The quantitative estimate of drug-likeness (QED) is 0.465. The van der Waals surface area contributed by atoms with Crippen molar-refractivity contribution >= 4 is 11.8 Å². The molecule has 0 aromatic rings. The first-order valence-electron chi connectivity index (χ1n) is 3.91. The van der Waals surface area contributed by atoms with Gasteiger partial charge in [-0.2, -0.15) is 0 Å². The summed E-state index contributed by atoms with van der Waals surface area (Å²) in [5.74, 6) is -0.383. The van der Waals surface area contributed by atoms with Crippen LogP contribution in [0.15, 0.2) is 0 Å². The third kappa shape index (κ3) is 2.20. The van der Waals surface area contributed by atoms with E-state index in [4.69, 9.17) is 5.73 Å². The first-order chi connectivity index (χ1) is 5.59. The fraction of sp³-hybridized carbons (Fsp3) is 0.714. The Bertz CT molecular complexity index is 205. The second-order valence-corrected chi connectivity index (χ2v) is 3.00. The molecule has 1 fully saturated rings. The second kappa shape index (κ2) is 3.53. The van der Waals surface area contributed by atoms with Gasteiger partial charge in [-0.15, -0.1) is 0 Å². The molecule has 0 aromatic heterocycles. The molecular weight excluding hydrogens is 158 g/mol. The number of hydrogen-bond acceptors (Lipinski definition) is 3. The molecule has 2 amide bonds. The summed E-state index contributed by atoms with van der Waals surface area (Å²) in [6.45, 7) is 2.23. The number of amides is 2. The molecule has 1 aliphatic heterocycles. The molecule has 1 heterocycles. The van der Waals surface area contributed by atoms with Crippen molar-refractivity contribution in [2.75, 3.05) is 6.54 Å². The molecular formula is C7H13N3O2. The van der Waals surface area contributed by atoms with Crippen LogP contribution in [-0.2, 0) is 9.59 Å². The smallest absolute Gasteiger partial charge is 0.236 e. The minimum absolute atomic E-state index is 0.0183. The van der Waals surface area contributed by atoms with Gasteiger partial charge in [-0.05, 0) is 6.92 Å². The Morgan fingerprint density at radius 3 is 2.92 bits per heavy atom. The fourth-order valence-electron chi connectivity index (χ4n) is 1.24. The predicted octanol–water partition coefficient (Wildman–Crippen LogP) is -1.66. The minimum atomic E-state index is -0.351. The van der Waals surface area contributed by atoms with Crippen LogP contribution in [-0.4, -0.2) is 30.4 Å². The monoisotopic (exact) mass is 171 g/mol. The van der Waals surface area contributed by atoms with E-state index in [0.717, 1.165) is 0 Å². The number of hydrogen-bond donors (Lipinski definition) is 3. The Morgan fingerprint density at radius 2 is 2.42 bits per heavy atom. The van der Waals surface area contributed by atoms with Crippen molar-refractivity contribution in [3.8, 4) is 0 Å². The number of piperazine rings is 1. The predicted molar refractivity (Wildman–Crippen MR) is 43.2 cm³/mol. The largest absolute Gasteiger partial charge is 0.370 e. The highest BCUT2D eigenvalue weighted by molar-refractivity contribution is 5.82. The van der Waals surface area contributed by atoms with Crippen LogP contribution in [0.1, 0.15) is 13.3 Å². The molecule has 5 nitrogen and oxygen atoms in total. The number of primary amides is 1. The van der Waals surface area contributed by atoms with Gasteiger partial charge in [0, 0.05) is 19.0 Å². The van der Waals surface area contributed by atoms with Crippen molar-refractivity contribution < 1.29 is 9.59 Å². The van der Waals surface area contributed by atoms with E-state index in [2.05, 4.69) is 10.6 Å². The second-order valence-electron chi connectivity index (χ2n) is 3.00. The lowest BCUT2D eigenvalue weighted by molar-refractivity contribution is -0.126. The molecule has 0 spiro atoms. The number of carbonyl (C=O) groups excluding carboxylic acids is 2. The highest BCUT2D eigenvalue weighted by Crippen LogP contribution is 1.98. The van der Waals surface area contributed by atoms with Crippen LogP contribution in [0.4, 0.5) is 0 Å². The van der Waals surface area contributed by atoms with E-state index in [0.29, 0.717) is 6.54 Å². The van der Waals surface area contributed by atoms with Gasteiger partial charge in [-0.3, -0.25) is 9.59 Å². The molecule has 4 N–H and O–H groups in total. The number of rotatable bonds is 2. The van der Waals surface area contributed by atoms with E-state index in [9.17, 15) is 9.59 Å². The summed E-state index contributed by atoms with van der Waals surface area (Å²) in [6.07, 6.45) is 0.268. The van der Waals surface area contributed by atoms with Crippen LogP contribution in [0.25, 0.3) is 0 Å². The number of nitrogens with two attached hydrogens (primary N) is 1. The van der Waals surface area contributed by atoms with Crippen molar-refractivity contribution in [3.63, 3.8) is 0 Å². The van der Waals surface area contributed by atoms with E-state index in [1.807, 2.05) is 0 Å². The summed E-state index contributed by atoms with van der Waals surface area (Å²) in [6, 6.07) is -0.252. The first-order valence-corrected chi connectivity index (χ1v) is 3.91. The van der Waals surface area contributed by atoms with Gasteiger partial charge in [0.1, 0.15) is 0 Å². The Labute approximate surface area is 70.7 Å². The summed E-state index contributed by atoms with van der Waals surface area (Å²) in [7, 11) is 0. The molecule has 1 unspecified atom stereocenters. The normalized spacial score (nSPS) is 29.6. The van der Waals surface area contributed by atoms with Gasteiger partial charge in [0.2, 0.25) is 11.8 Å². The number of carbonyl (C=O) groups is 2. The zero-order valence-electron chi connectivity index (χ0n) is 6.96. The SMILES string of the molecule is C[C@@H]1NC(CC(N)=O)CNC1=O. The Morgan fingerprint density at radius 1 is 1.75 bits per heavy atom. The van der Waals surface area contributed by atoms with Gasteiger partial charge in [-0.1, -0.05) is 0 Å². The lowest BCUT2D eigenvalue weighted by Gasteiger charge is -2.27. The number of nitrogens with one attached hydrogen (secondary N) is 2. The minimum Gasteiger partial charge on any atom is -0.370 e. The summed E-state index contributed by atoms with van der Waals surface area (Å²) < 4.78 is 0. The maximum Gasteiger partial charge on any atom is 0.236 e. The molecule has 0 bridgehead atoms. The highest BCUT2D eigenvalue weighted by atomic mass is 16.2. The van der Waals surface area contributed by atoms with Crippen LogP contribution in [0, 0.1) is 0 Å². The van der Waals surface area contributed by atoms with Crippen molar-refractivity contribution in [1.82, 2.24) is 10.6 Å². The third-order valence-electron chi connectivity index (χ3n) is 1.85. The van der Waals surface area contributed by atoms with Crippen LogP contribution in [0.2, 0.25) is 0 Å². The Balaban J connectivity index is 2.40.